The number of nitrogens with two attached hydrogens (primary N) is 1. The van der Waals surface area contributed by atoms with Crippen LogP contribution >= 0.6 is 11.8 Å². The number of hydrogen-bond donors (Lipinski definition) is 2. The topological polar surface area (TPSA) is 92.0 Å². The lowest BCUT2D eigenvalue weighted by Crippen LogP contribution is -2.28. The second kappa shape index (κ2) is 19.9. The SMILES string of the molecule is CCC(C)COCC(COCC(C)CC)OCCCSCCC(=O)NCON. The summed E-state index contributed by atoms with van der Waals surface area (Å²) in [4.78, 5) is 15.7. The third-order valence-electron chi connectivity index (χ3n) is 4.42. The van der Waals surface area contributed by atoms with Crippen LogP contribution in [0.5, 0.6) is 0 Å². The average Bonchev–Trinajstić information content (AvgIpc) is 2.70. The van der Waals surface area contributed by atoms with Crippen molar-refractivity contribution in [3.05, 3.63) is 0 Å². The zero-order valence-corrected chi connectivity index (χ0v) is 19.1. The molecular weight excluding hydrogens is 380 g/mol. The van der Waals surface area contributed by atoms with Crippen molar-refractivity contribution in [2.24, 2.45) is 17.7 Å². The van der Waals surface area contributed by atoms with Crippen molar-refractivity contribution in [2.45, 2.75) is 59.5 Å². The van der Waals surface area contributed by atoms with Crippen LogP contribution in [0.3, 0.4) is 0 Å². The Labute approximate surface area is 175 Å². The number of nitrogens with one attached hydrogen (secondary N) is 1. The van der Waals surface area contributed by atoms with Crippen molar-refractivity contribution in [1.82, 2.24) is 5.32 Å². The Balaban J connectivity index is 3.90. The Hall–Kier alpha value is -0.380. The van der Waals surface area contributed by atoms with E-state index >= 15 is 0 Å². The molecule has 0 radical (unpaired) electrons. The van der Waals surface area contributed by atoms with Crippen molar-refractivity contribution in [2.75, 3.05) is 51.3 Å². The van der Waals surface area contributed by atoms with Crippen LogP contribution in [0.4, 0.5) is 0 Å². The normalized spacial score (nSPS) is 14.6. The summed E-state index contributed by atoms with van der Waals surface area (Å²) in [5.74, 6) is 7.66. The van der Waals surface area contributed by atoms with Gasteiger partial charge in [-0.15, -0.1) is 0 Å². The average molecular weight is 423 g/mol. The molecule has 0 aromatic heterocycles. The molecule has 0 bridgehead atoms. The van der Waals surface area contributed by atoms with Crippen molar-refractivity contribution < 1.29 is 23.8 Å². The molecule has 0 fully saturated rings. The number of ether oxygens (including phenoxy) is 3. The molecule has 0 saturated carbocycles. The van der Waals surface area contributed by atoms with Gasteiger partial charge in [0.2, 0.25) is 5.91 Å². The van der Waals surface area contributed by atoms with Crippen LogP contribution in [-0.4, -0.2) is 63.3 Å². The molecule has 168 valence electrons. The molecule has 2 atom stereocenters. The van der Waals surface area contributed by atoms with Crippen LogP contribution < -0.4 is 11.2 Å². The molecule has 0 aliphatic rings. The van der Waals surface area contributed by atoms with Gasteiger partial charge in [-0.05, 0) is 24.0 Å². The number of hydrogen-bond acceptors (Lipinski definition) is 7. The molecule has 1 amide bonds. The highest BCUT2D eigenvalue weighted by atomic mass is 32.2. The van der Waals surface area contributed by atoms with E-state index in [2.05, 4.69) is 37.8 Å². The van der Waals surface area contributed by atoms with Crippen molar-refractivity contribution in [3.63, 3.8) is 0 Å². The molecular formula is C20H42N2O5S. The van der Waals surface area contributed by atoms with Crippen molar-refractivity contribution >= 4 is 17.7 Å². The Bertz CT molecular complexity index is 347. The highest BCUT2D eigenvalue weighted by molar-refractivity contribution is 7.99. The van der Waals surface area contributed by atoms with Crippen molar-refractivity contribution in [1.29, 1.82) is 0 Å². The summed E-state index contributed by atoms with van der Waals surface area (Å²) < 4.78 is 17.6. The predicted molar refractivity (Wildman–Crippen MR) is 115 cm³/mol. The van der Waals surface area contributed by atoms with E-state index in [-0.39, 0.29) is 18.7 Å². The highest BCUT2D eigenvalue weighted by Gasteiger charge is 2.12. The summed E-state index contributed by atoms with van der Waals surface area (Å²) in [5, 5.41) is 2.56. The van der Waals surface area contributed by atoms with E-state index in [1.165, 1.54) is 0 Å². The Morgan fingerprint density at radius 2 is 1.61 bits per heavy atom. The van der Waals surface area contributed by atoms with Gasteiger partial charge in [-0.25, -0.2) is 5.90 Å². The maximum absolute atomic E-state index is 11.4. The zero-order chi connectivity index (χ0) is 21.0. The third kappa shape index (κ3) is 17.7. The summed E-state index contributed by atoms with van der Waals surface area (Å²) >= 11 is 1.74. The molecule has 0 aliphatic carbocycles. The molecule has 0 aliphatic heterocycles. The molecule has 0 rings (SSSR count). The maximum Gasteiger partial charge on any atom is 0.222 e. The molecule has 3 N–H and O–H groups in total. The Morgan fingerprint density at radius 3 is 2.14 bits per heavy atom. The van der Waals surface area contributed by atoms with E-state index in [0.717, 1.165) is 44.0 Å². The van der Waals surface area contributed by atoms with Gasteiger partial charge in [0.15, 0.2) is 0 Å². The minimum Gasteiger partial charge on any atom is -0.378 e. The van der Waals surface area contributed by atoms with Gasteiger partial charge in [0.1, 0.15) is 12.8 Å². The minimum absolute atomic E-state index is 0.0276. The Morgan fingerprint density at radius 1 is 1.00 bits per heavy atom. The fourth-order valence-corrected chi connectivity index (χ4v) is 2.93. The molecule has 0 saturated heterocycles. The van der Waals surface area contributed by atoms with E-state index in [4.69, 9.17) is 20.1 Å². The van der Waals surface area contributed by atoms with Crippen molar-refractivity contribution in [3.8, 4) is 0 Å². The number of rotatable bonds is 20. The quantitative estimate of drug-likeness (QED) is 0.177. The first-order valence-corrected chi connectivity index (χ1v) is 11.6. The number of carbonyl (C=O) groups excluding carboxylic acids is 1. The number of thioether (sulfide) groups is 1. The van der Waals surface area contributed by atoms with Gasteiger partial charge in [0.25, 0.3) is 0 Å². The van der Waals surface area contributed by atoms with Gasteiger partial charge >= 0.3 is 0 Å². The van der Waals surface area contributed by atoms with Gasteiger partial charge in [-0.3, -0.25) is 9.63 Å². The van der Waals surface area contributed by atoms with Crippen LogP contribution in [0, 0.1) is 11.8 Å². The lowest BCUT2D eigenvalue weighted by Gasteiger charge is -2.20. The first-order chi connectivity index (χ1) is 13.5. The molecule has 8 heteroatoms. The van der Waals surface area contributed by atoms with E-state index in [9.17, 15) is 4.79 Å². The zero-order valence-electron chi connectivity index (χ0n) is 18.2. The smallest absolute Gasteiger partial charge is 0.222 e. The van der Waals surface area contributed by atoms with Gasteiger partial charge in [-0.1, -0.05) is 40.5 Å². The number of carbonyl (C=O) groups is 1. The first-order valence-electron chi connectivity index (χ1n) is 10.5. The summed E-state index contributed by atoms with van der Waals surface area (Å²) in [6.07, 6.45) is 3.60. The van der Waals surface area contributed by atoms with Crippen LogP contribution in [0.25, 0.3) is 0 Å². The summed E-state index contributed by atoms with van der Waals surface area (Å²) in [7, 11) is 0. The minimum atomic E-state index is -0.0498. The second-order valence-electron chi connectivity index (χ2n) is 7.22. The highest BCUT2D eigenvalue weighted by Crippen LogP contribution is 2.08. The fourth-order valence-electron chi connectivity index (χ4n) is 2.07. The monoisotopic (exact) mass is 422 g/mol. The molecule has 0 heterocycles. The lowest BCUT2D eigenvalue weighted by molar-refractivity contribution is -0.122. The predicted octanol–water partition coefficient (Wildman–Crippen LogP) is 2.97. The molecule has 0 aromatic rings. The third-order valence-corrected chi connectivity index (χ3v) is 5.49. The lowest BCUT2D eigenvalue weighted by atomic mass is 10.1. The molecule has 28 heavy (non-hydrogen) atoms. The summed E-state index contributed by atoms with van der Waals surface area (Å²) in [6, 6.07) is 0. The standard InChI is InChI=1S/C20H42N2O5S/c1-5-17(3)12-24-14-19(15-25-13-18(4)6-2)26-9-7-10-28-11-8-20(23)22-16-27-21/h17-19H,5-16,21H2,1-4H3,(H,22,23). The van der Waals surface area contributed by atoms with Crippen LogP contribution in [0.1, 0.15) is 53.4 Å². The van der Waals surface area contributed by atoms with E-state index in [0.29, 0.717) is 38.1 Å². The van der Waals surface area contributed by atoms with E-state index in [1.54, 1.807) is 11.8 Å². The van der Waals surface area contributed by atoms with Gasteiger partial charge < -0.3 is 19.5 Å². The van der Waals surface area contributed by atoms with E-state index in [1.807, 2.05) is 0 Å². The number of amides is 1. The van der Waals surface area contributed by atoms with Gasteiger partial charge in [0, 0.05) is 32.0 Å². The largest absolute Gasteiger partial charge is 0.378 e. The van der Waals surface area contributed by atoms with Crippen LogP contribution in [0.15, 0.2) is 0 Å². The molecule has 2 unspecified atom stereocenters. The first kappa shape index (κ1) is 27.6. The summed E-state index contributed by atoms with van der Waals surface area (Å²) in [5.41, 5.74) is 0. The van der Waals surface area contributed by atoms with Gasteiger partial charge in [-0.2, -0.15) is 11.8 Å². The van der Waals surface area contributed by atoms with E-state index < -0.39 is 0 Å². The van der Waals surface area contributed by atoms with Gasteiger partial charge in [0.05, 0.1) is 13.2 Å². The fraction of sp³-hybridized carbons (Fsp3) is 0.950. The molecule has 0 spiro atoms. The van der Waals surface area contributed by atoms with Crippen LogP contribution in [0.2, 0.25) is 0 Å². The second-order valence-corrected chi connectivity index (χ2v) is 8.45. The Kier molecular flexibility index (Phi) is 19.6. The maximum atomic E-state index is 11.4. The summed E-state index contributed by atoms with van der Waals surface area (Å²) in [6.45, 7) is 12.1. The molecule has 7 nitrogen and oxygen atoms in total. The van der Waals surface area contributed by atoms with Crippen LogP contribution in [-0.2, 0) is 23.8 Å². The molecule has 0 aromatic carbocycles.